The monoisotopic (exact) mass is 243 g/mol. The van der Waals surface area contributed by atoms with Crippen molar-refractivity contribution in [2.24, 2.45) is 0 Å². The average Bonchev–Trinajstić information content (AvgIpc) is 3.01. The summed E-state index contributed by atoms with van der Waals surface area (Å²) in [6, 6.07) is 0.456. The van der Waals surface area contributed by atoms with Gasteiger partial charge in [-0.25, -0.2) is 0 Å². The Bertz CT molecular complexity index is 274. The third kappa shape index (κ3) is 4.28. The van der Waals surface area contributed by atoms with Crippen LogP contribution < -0.4 is 5.32 Å². The molecule has 1 aliphatic carbocycles. The Hall–Kier alpha value is -0.610. The minimum Gasteiger partial charge on any atom is -0.465 e. The zero-order valence-corrected chi connectivity index (χ0v) is 11.6. The molecule has 0 heterocycles. The molecule has 1 saturated carbocycles. The van der Waals surface area contributed by atoms with Crippen molar-refractivity contribution in [2.75, 3.05) is 13.7 Å². The fraction of sp³-hybridized carbons (Fsp3) is 0.923. The van der Waals surface area contributed by atoms with E-state index in [1.165, 1.54) is 0 Å². The standard InChI is InChI=1S/C13H25NO3/c1-6-17-11(15)13(4,14-10-7-8-10)9-12(2,3)16-5/h10,14H,6-9H2,1-5H3. The van der Waals surface area contributed by atoms with Gasteiger partial charge in [0.15, 0.2) is 0 Å². The number of nitrogens with one attached hydrogen (secondary N) is 1. The van der Waals surface area contributed by atoms with Crippen molar-refractivity contribution in [1.82, 2.24) is 5.32 Å². The molecule has 0 saturated heterocycles. The van der Waals surface area contributed by atoms with Gasteiger partial charge < -0.3 is 9.47 Å². The van der Waals surface area contributed by atoms with Crippen molar-refractivity contribution in [1.29, 1.82) is 0 Å². The van der Waals surface area contributed by atoms with E-state index in [1.807, 2.05) is 27.7 Å². The molecule has 0 radical (unpaired) electrons. The fourth-order valence-electron chi connectivity index (χ4n) is 2.07. The third-order valence-corrected chi connectivity index (χ3v) is 3.16. The van der Waals surface area contributed by atoms with E-state index >= 15 is 0 Å². The Balaban J connectivity index is 2.72. The summed E-state index contributed by atoms with van der Waals surface area (Å²) in [6.45, 7) is 8.12. The molecular formula is C13H25NO3. The van der Waals surface area contributed by atoms with Gasteiger partial charge in [0.2, 0.25) is 0 Å². The van der Waals surface area contributed by atoms with Crippen LogP contribution in [-0.4, -0.2) is 36.9 Å². The van der Waals surface area contributed by atoms with Crippen LogP contribution in [0.15, 0.2) is 0 Å². The first kappa shape index (κ1) is 14.5. The Morgan fingerprint density at radius 2 is 1.94 bits per heavy atom. The summed E-state index contributed by atoms with van der Waals surface area (Å²) in [5, 5.41) is 3.39. The van der Waals surface area contributed by atoms with E-state index in [2.05, 4.69) is 5.32 Å². The molecule has 1 aliphatic rings. The summed E-state index contributed by atoms with van der Waals surface area (Å²) in [6.07, 6.45) is 2.89. The van der Waals surface area contributed by atoms with Crippen LogP contribution in [0.5, 0.6) is 0 Å². The van der Waals surface area contributed by atoms with E-state index in [-0.39, 0.29) is 11.6 Å². The molecule has 0 amide bonds. The predicted octanol–water partition coefficient (Wildman–Crippen LogP) is 1.88. The number of esters is 1. The van der Waals surface area contributed by atoms with Gasteiger partial charge in [0, 0.05) is 19.6 Å². The minimum absolute atomic E-state index is 0.183. The van der Waals surface area contributed by atoms with Crippen LogP contribution in [0.25, 0.3) is 0 Å². The second-order valence-electron chi connectivity index (χ2n) is 5.61. The molecule has 0 aromatic rings. The molecule has 100 valence electrons. The maximum absolute atomic E-state index is 12.1. The van der Waals surface area contributed by atoms with Gasteiger partial charge in [0.1, 0.15) is 5.54 Å². The van der Waals surface area contributed by atoms with Gasteiger partial charge in [-0.2, -0.15) is 0 Å². The van der Waals surface area contributed by atoms with Crippen LogP contribution in [0.1, 0.15) is 47.0 Å². The van der Waals surface area contributed by atoms with Crippen molar-refractivity contribution in [2.45, 2.75) is 64.1 Å². The number of hydrogen-bond donors (Lipinski definition) is 1. The molecule has 0 spiro atoms. The summed E-state index contributed by atoms with van der Waals surface area (Å²) >= 11 is 0. The summed E-state index contributed by atoms with van der Waals surface area (Å²) in [7, 11) is 1.67. The van der Waals surface area contributed by atoms with E-state index < -0.39 is 5.54 Å². The highest BCUT2D eigenvalue weighted by Gasteiger charge is 2.43. The molecule has 1 unspecified atom stereocenters. The number of hydrogen-bond acceptors (Lipinski definition) is 4. The number of ether oxygens (including phenoxy) is 2. The summed E-state index contributed by atoms with van der Waals surface area (Å²) in [5.41, 5.74) is -1.000. The summed E-state index contributed by atoms with van der Waals surface area (Å²) in [5.74, 6) is -0.183. The van der Waals surface area contributed by atoms with Gasteiger partial charge in [-0.3, -0.25) is 10.1 Å². The molecule has 0 aromatic heterocycles. The van der Waals surface area contributed by atoms with Crippen LogP contribution >= 0.6 is 0 Å². The van der Waals surface area contributed by atoms with Crippen molar-refractivity contribution < 1.29 is 14.3 Å². The smallest absolute Gasteiger partial charge is 0.326 e. The van der Waals surface area contributed by atoms with E-state index in [4.69, 9.17) is 9.47 Å². The molecule has 0 aliphatic heterocycles. The van der Waals surface area contributed by atoms with E-state index in [9.17, 15) is 4.79 Å². The lowest BCUT2D eigenvalue weighted by atomic mass is 9.87. The first-order valence-electron chi connectivity index (χ1n) is 6.33. The lowest BCUT2D eigenvalue weighted by Gasteiger charge is -2.35. The predicted molar refractivity (Wildman–Crippen MR) is 66.9 cm³/mol. The van der Waals surface area contributed by atoms with Crippen molar-refractivity contribution in [3.63, 3.8) is 0 Å². The molecule has 0 bridgehead atoms. The third-order valence-electron chi connectivity index (χ3n) is 3.16. The zero-order chi connectivity index (χ0) is 13.1. The van der Waals surface area contributed by atoms with Crippen LogP contribution in [0.3, 0.4) is 0 Å². The van der Waals surface area contributed by atoms with Gasteiger partial charge in [0.25, 0.3) is 0 Å². The maximum atomic E-state index is 12.1. The van der Waals surface area contributed by atoms with Crippen LogP contribution in [0, 0.1) is 0 Å². The highest BCUT2D eigenvalue weighted by Crippen LogP contribution is 2.29. The average molecular weight is 243 g/mol. The largest absolute Gasteiger partial charge is 0.465 e. The molecule has 1 fully saturated rings. The molecule has 17 heavy (non-hydrogen) atoms. The number of methoxy groups -OCH3 is 1. The van der Waals surface area contributed by atoms with Crippen LogP contribution in [0.2, 0.25) is 0 Å². The fourth-order valence-corrected chi connectivity index (χ4v) is 2.07. The van der Waals surface area contributed by atoms with E-state index in [1.54, 1.807) is 7.11 Å². The maximum Gasteiger partial charge on any atom is 0.326 e. The van der Waals surface area contributed by atoms with Crippen molar-refractivity contribution >= 4 is 5.97 Å². The highest BCUT2D eigenvalue weighted by atomic mass is 16.5. The normalized spacial score (nSPS) is 19.8. The van der Waals surface area contributed by atoms with Crippen LogP contribution in [-0.2, 0) is 14.3 Å². The SMILES string of the molecule is CCOC(=O)C(C)(CC(C)(C)OC)NC1CC1. The van der Waals surface area contributed by atoms with E-state index in [0.29, 0.717) is 19.1 Å². The van der Waals surface area contributed by atoms with Gasteiger partial charge in [-0.1, -0.05) is 0 Å². The molecule has 1 N–H and O–H groups in total. The molecule has 4 heteroatoms. The number of carbonyl (C=O) groups excluding carboxylic acids is 1. The Morgan fingerprint density at radius 1 is 1.35 bits per heavy atom. The number of carbonyl (C=O) groups is 1. The van der Waals surface area contributed by atoms with Gasteiger partial charge in [0.05, 0.1) is 12.2 Å². The minimum atomic E-state index is -0.656. The van der Waals surface area contributed by atoms with E-state index in [0.717, 1.165) is 12.8 Å². The summed E-state index contributed by atoms with van der Waals surface area (Å²) < 4.78 is 10.6. The second kappa shape index (κ2) is 5.36. The molecule has 4 nitrogen and oxygen atoms in total. The Morgan fingerprint density at radius 3 is 2.35 bits per heavy atom. The molecule has 1 atom stereocenters. The van der Waals surface area contributed by atoms with Gasteiger partial charge >= 0.3 is 5.97 Å². The summed E-state index contributed by atoms with van der Waals surface area (Å²) in [4.78, 5) is 12.1. The lowest BCUT2D eigenvalue weighted by molar-refractivity contribution is -0.153. The van der Waals surface area contributed by atoms with Gasteiger partial charge in [-0.05, 0) is 40.5 Å². The molecule has 0 aromatic carbocycles. The highest BCUT2D eigenvalue weighted by molar-refractivity contribution is 5.80. The first-order chi connectivity index (χ1) is 7.83. The lowest BCUT2D eigenvalue weighted by Crippen LogP contribution is -2.55. The second-order valence-corrected chi connectivity index (χ2v) is 5.61. The zero-order valence-electron chi connectivity index (χ0n) is 11.6. The Labute approximate surface area is 104 Å². The molecule has 1 rings (SSSR count). The van der Waals surface area contributed by atoms with Gasteiger partial charge in [-0.15, -0.1) is 0 Å². The number of rotatable bonds is 7. The first-order valence-corrected chi connectivity index (χ1v) is 6.33. The quantitative estimate of drug-likeness (QED) is 0.694. The van der Waals surface area contributed by atoms with Crippen molar-refractivity contribution in [3.8, 4) is 0 Å². The van der Waals surface area contributed by atoms with Crippen molar-refractivity contribution in [3.05, 3.63) is 0 Å². The molecular weight excluding hydrogens is 218 g/mol. The Kier molecular flexibility index (Phi) is 4.55. The topological polar surface area (TPSA) is 47.6 Å². The van der Waals surface area contributed by atoms with Crippen LogP contribution in [0.4, 0.5) is 0 Å².